The molecular weight excluding hydrogens is 258 g/mol. The van der Waals surface area contributed by atoms with E-state index in [1.165, 1.54) is 19.3 Å². The Bertz CT molecular complexity index is 330. The fraction of sp³-hybridized carbons (Fsp3) is 0.938. The van der Waals surface area contributed by atoms with Crippen LogP contribution in [0.25, 0.3) is 0 Å². The van der Waals surface area contributed by atoms with Gasteiger partial charge in [0.05, 0.1) is 5.41 Å². The molecule has 19 heavy (non-hydrogen) atoms. The summed E-state index contributed by atoms with van der Waals surface area (Å²) in [7, 11) is 0. The Labute approximate surface area is 121 Å². The van der Waals surface area contributed by atoms with E-state index in [4.69, 9.17) is 11.6 Å². The summed E-state index contributed by atoms with van der Waals surface area (Å²) in [6.07, 6.45) is 7.65. The maximum atomic E-state index is 13.1. The van der Waals surface area contributed by atoms with E-state index in [0.29, 0.717) is 18.3 Å². The highest BCUT2D eigenvalue weighted by Gasteiger charge is 2.55. The van der Waals surface area contributed by atoms with E-state index in [1.807, 2.05) is 4.90 Å². The van der Waals surface area contributed by atoms with Gasteiger partial charge >= 0.3 is 0 Å². The maximum absolute atomic E-state index is 13.1. The number of halogens is 1. The van der Waals surface area contributed by atoms with Gasteiger partial charge in [0.25, 0.3) is 0 Å². The molecule has 108 valence electrons. The molecule has 0 spiro atoms. The lowest BCUT2D eigenvalue weighted by molar-refractivity contribution is -0.159. The lowest BCUT2D eigenvalue weighted by Gasteiger charge is -2.57. The Kier molecular flexibility index (Phi) is 3.57. The SMILES string of the molecule is CC(C)N(CCCl)C(=O)C12CC3CC(CC(C3)C1)C2. The second-order valence-corrected chi connectivity index (χ2v) is 7.86. The molecule has 4 fully saturated rings. The minimum Gasteiger partial charge on any atom is -0.339 e. The van der Waals surface area contributed by atoms with Crippen molar-refractivity contribution < 1.29 is 4.79 Å². The fourth-order valence-electron chi connectivity index (χ4n) is 5.36. The maximum Gasteiger partial charge on any atom is 0.229 e. The van der Waals surface area contributed by atoms with Gasteiger partial charge in [-0.05, 0) is 70.1 Å². The van der Waals surface area contributed by atoms with Crippen LogP contribution < -0.4 is 0 Å². The highest BCUT2D eigenvalue weighted by Crippen LogP contribution is 2.60. The van der Waals surface area contributed by atoms with Gasteiger partial charge in [-0.25, -0.2) is 0 Å². The number of rotatable bonds is 4. The third kappa shape index (κ3) is 2.30. The second kappa shape index (κ2) is 4.95. The van der Waals surface area contributed by atoms with Crippen LogP contribution in [-0.4, -0.2) is 29.3 Å². The molecule has 1 amide bonds. The summed E-state index contributed by atoms with van der Waals surface area (Å²) in [6.45, 7) is 4.94. The number of amides is 1. The van der Waals surface area contributed by atoms with Gasteiger partial charge in [-0.15, -0.1) is 11.6 Å². The molecule has 0 aromatic rings. The first-order chi connectivity index (χ1) is 9.04. The van der Waals surface area contributed by atoms with Crippen molar-refractivity contribution in [2.75, 3.05) is 12.4 Å². The zero-order valence-corrected chi connectivity index (χ0v) is 13.0. The largest absolute Gasteiger partial charge is 0.339 e. The van der Waals surface area contributed by atoms with E-state index < -0.39 is 0 Å². The van der Waals surface area contributed by atoms with Crippen LogP contribution in [0, 0.1) is 23.2 Å². The number of carbonyl (C=O) groups is 1. The van der Waals surface area contributed by atoms with Crippen LogP contribution in [0.5, 0.6) is 0 Å². The molecule has 4 rings (SSSR count). The molecule has 4 bridgehead atoms. The second-order valence-electron chi connectivity index (χ2n) is 7.48. The van der Waals surface area contributed by atoms with Crippen molar-refractivity contribution >= 4 is 17.5 Å². The van der Waals surface area contributed by atoms with Crippen molar-refractivity contribution in [1.29, 1.82) is 0 Å². The predicted molar refractivity (Wildman–Crippen MR) is 78.2 cm³/mol. The standard InChI is InChI=1S/C16H26ClNO/c1-11(2)18(4-3-17)15(19)16-8-12-5-13(9-16)7-14(6-12)10-16/h11-14H,3-10H2,1-2H3. The van der Waals surface area contributed by atoms with Crippen molar-refractivity contribution in [2.24, 2.45) is 23.2 Å². The molecule has 0 aromatic carbocycles. The number of hydrogen-bond acceptors (Lipinski definition) is 1. The van der Waals surface area contributed by atoms with Crippen molar-refractivity contribution in [3.63, 3.8) is 0 Å². The summed E-state index contributed by atoms with van der Waals surface area (Å²) in [6, 6.07) is 0.277. The van der Waals surface area contributed by atoms with Crippen LogP contribution in [0.15, 0.2) is 0 Å². The molecule has 0 aliphatic heterocycles. The fourth-order valence-corrected chi connectivity index (χ4v) is 5.54. The molecule has 0 radical (unpaired) electrons. The first-order valence-corrected chi connectivity index (χ1v) is 8.44. The number of nitrogens with zero attached hydrogens (tertiary/aromatic N) is 1. The van der Waals surface area contributed by atoms with Crippen LogP contribution >= 0.6 is 11.6 Å². The third-order valence-electron chi connectivity index (χ3n) is 5.70. The van der Waals surface area contributed by atoms with Crippen LogP contribution in [0.3, 0.4) is 0 Å². The van der Waals surface area contributed by atoms with Crippen molar-refractivity contribution in [1.82, 2.24) is 4.90 Å². The number of alkyl halides is 1. The van der Waals surface area contributed by atoms with Gasteiger partial charge < -0.3 is 4.90 Å². The molecule has 0 aromatic heterocycles. The Morgan fingerprint density at radius 3 is 2.00 bits per heavy atom. The lowest BCUT2D eigenvalue weighted by Crippen LogP contribution is -2.56. The van der Waals surface area contributed by atoms with Gasteiger partial charge in [0.15, 0.2) is 0 Å². The van der Waals surface area contributed by atoms with Crippen LogP contribution in [0.2, 0.25) is 0 Å². The van der Waals surface area contributed by atoms with Gasteiger partial charge in [0.1, 0.15) is 0 Å². The topological polar surface area (TPSA) is 20.3 Å². The quantitative estimate of drug-likeness (QED) is 0.721. The molecule has 0 atom stereocenters. The third-order valence-corrected chi connectivity index (χ3v) is 5.87. The molecule has 2 nitrogen and oxygen atoms in total. The average molecular weight is 284 g/mol. The summed E-state index contributed by atoms with van der Waals surface area (Å²) in [5.41, 5.74) is -0.00885. The summed E-state index contributed by atoms with van der Waals surface area (Å²) in [5, 5.41) is 0. The molecule has 4 aliphatic carbocycles. The first-order valence-electron chi connectivity index (χ1n) is 7.91. The van der Waals surface area contributed by atoms with Crippen LogP contribution in [0.4, 0.5) is 0 Å². The van der Waals surface area contributed by atoms with Gasteiger partial charge in [-0.2, -0.15) is 0 Å². The Morgan fingerprint density at radius 2 is 1.63 bits per heavy atom. The zero-order chi connectivity index (χ0) is 13.6. The summed E-state index contributed by atoms with van der Waals surface area (Å²) in [5.74, 6) is 3.47. The van der Waals surface area contributed by atoms with Gasteiger partial charge in [0.2, 0.25) is 5.91 Å². The summed E-state index contributed by atoms with van der Waals surface area (Å²) in [4.78, 5) is 15.1. The Hall–Kier alpha value is -0.240. The molecule has 0 unspecified atom stereocenters. The molecule has 0 saturated heterocycles. The first kappa shape index (κ1) is 13.7. The number of carbonyl (C=O) groups excluding carboxylic acids is 1. The van der Waals surface area contributed by atoms with E-state index in [9.17, 15) is 4.79 Å². The lowest BCUT2D eigenvalue weighted by atomic mass is 9.49. The monoisotopic (exact) mass is 283 g/mol. The molecule has 4 saturated carbocycles. The normalized spacial score (nSPS) is 39.9. The smallest absolute Gasteiger partial charge is 0.229 e. The van der Waals surface area contributed by atoms with Crippen molar-refractivity contribution in [3.05, 3.63) is 0 Å². The molecule has 3 heteroatoms. The van der Waals surface area contributed by atoms with E-state index in [2.05, 4.69) is 13.8 Å². The number of hydrogen-bond donors (Lipinski definition) is 0. The highest BCUT2D eigenvalue weighted by atomic mass is 35.5. The van der Waals surface area contributed by atoms with Gasteiger partial charge in [0, 0.05) is 18.5 Å². The van der Waals surface area contributed by atoms with E-state index in [-0.39, 0.29) is 11.5 Å². The van der Waals surface area contributed by atoms with Gasteiger partial charge in [-0.3, -0.25) is 4.79 Å². The molecular formula is C16H26ClNO. The van der Waals surface area contributed by atoms with Crippen molar-refractivity contribution in [2.45, 2.75) is 58.4 Å². The van der Waals surface area contributed by atoms with Crippen molar-refractivity contribution in [3.8, 4) is 0 Å². The van der Waals surface area contributed by atoms with E-state index >= 15 is 0 Å². The predicted octanol–water partition coefficient (Wildman–Crippen LogP) is 3.68. The molecule has 0 heterocycles. The molecule has 0 N–H and O–H groups in total. The minimum absolute atomic E-state index is 0.00885. The van der Waals surface area contributed by atoms with E-state index in [0.717, 1.165) is 37.0 Å². The highest BCUT2D eigenvalue weighted by molar-refractivity contribution is 6.18. The Morgan fingerprint density at radius 1 is 1.16 bits per heavy atom. The summed E-state index contributed by atoms with van der Waals surface area (Å²) < 4.78 is 0. The minimum atomic E-state index is -0.00885. The zero-order valence-electron chi connectivity index (χ0n) is 12.2. The van der Waals surface area contributed by atoms with Crippen LogP contribution in [0.1, 0.15) is 52.4 Å². The van der Waals surface area contributed by atoms with E-state index in [1.54, 1.807) is 0 Å². The average Bonchev–Trinajstić information content (AvgIpc) is 2.33. The molecule has 4 aliphatic rings. The summed E-state index contributed by atoms with van der Waals surface area (Å²) >= 11 is 5.90. The van der Waals surface area contributed by atoms with Gasteiger partial charge in [-0.1, -0.05) is 0 Å². The Balaban J connectivity index is 1.82. The van der Waals surface area contributed by atoms with Crippen LogP contribution in [-0.2, 0) is 4.79 Å².